The van der Waals surface area contributed by atoms with E-state index in [-0.39, 0.29) is 0 Å². The zero-order valence-corrected chi connectivity index (χ0v) is 25.5. The molecule has 0 aliphatic heterocycles. The van der Waals surface area contributed by atoms with Gasteiger partial charge < -0.3 is 0 Å². The van der Waals surface area contributed by atoms with E-state index in [9.17, 15) is 0 Å². The maximum absolute atomic E-state index is 3.30. The van der Waals surface area contributed by atoms with Crippen LogP contribution in [0.2, 0.25) is 0 Å². The number of fused-ring (bicyclic) bond motifs is 6. The van der Waals surface area contributed by atoms with Crippen LogP contribution in [0.3, 0.4) is 0 Å². The first-order valence-electron chi connectivity index (χ1n) is 14.4. The van der Waals surface area contributed by atoms with Gasteiger partial charge in [0, 0.05) is 0 Å². The molecule has 2 aliphatic carbocycles. The van der Waals surface area contributed by atoms with Crippen LogP contribution in [0, 0.1) is 12.1 Å². The molecule has 8 rings (SSSR count). The van der Waals surface area contributed by atoms with E-state index < -0.39 is 0 Å². The summed E-state index contributed by atoms with van der Waals surface area (Å²) in [6.07, 6.45) is 4.36. The summed E-state index contributed by atoms with van der Waals surface area (Å²) < 4.78 is 0. The van der Waals surface area contributed by atoms with Crippen molar-refractivity contribution in [1.29, 1.82) is 0 Å². The smallest absolute Gasteiger partial charge is 0.0238 e. The number of hydrogen-bond acceptors (Lipinski definition) is 0. The van der Waals surface area contributed by atoms with Crippen LogP contribution < -0.4 is 0 Å². The molecule has 0 heterocycles. The first kappa shape index (κ1) is 29.4. The predicted molar refractivity (Wildman–Crippen MR) is 174 cm³/mol. The number of benzene rings is 6. The van der Waals surface area contributed by atoms with Gasteiger partial charge in [0.1, 0.15) is 0 Å². The molecule has 0 saturated heterocycles. The standard InChI is InChI=1S/C14H14.2C13H9.CH2.Ti/c1-3-7-13(8-4-1)11-12-14-9-5-2-6-10-14;2*1-3-7-12-10(5-1)9-11-6-2-4-8-13(11)12;;/h1-10H,11-12H2;2*1-5,7-8H,9H2;1H2;/q;2*-1;;+2. The van der Waals surface area contributed by atoms with Crippen molar-refractivity contribution >= 4 is 4.82 Å². The van der Waals surface area contributed by atoms with Crippen molar-refractivity contribution in [3.05, 3.63) is 191 Å². The maximum Gasteiger partial charge on any atom is -0.0238 e. The zero-order chi connectivity index (χ0) is 29.0. The van der Waals surface area contributed by atoms with Gasteiger partial charge in [-0.25, -0.2) is 0 Å². The number of aryl methyl sites for hydroxylation is 2. The van der Waals surface area contributed by atoms with Gasteiger partial charge in [-0.15, -0.1) is 11.1 Å². The molecule has 0 N–H and O–H groups in total. The van der Waals surface area contributed by atoms with Gasteiger partial charge >= 0.3 is 24.8 Å². The second-order valence-electron chi connectivity index (χ2n) is 10.3. The maximum atomic E-state index is 3.30. The summed E-state index contributed by atoms with van der Waals surface area (Å²) in [5, 5.41) is 0. The van der Waals surface area contributed by atoms with E-state index in [2.05, 4.69) is 150 Å². The van der Waals surface area contributed by atoms with Crippen molar-refractivity contribution in [1.82, 2.24) is 0 Å². The van der Waals surface area contributed by atoms with Crippen LogP contribution in [0.1, 0.15) is 33.4 Å². The molecule has 0 unspecified atom stereocenters. The average molecular weight is 575 g/mol. The van der Waals surface area contributed by atoms with Crippen LogP contribution in [-0.4, -0.2) is 4.82 Å². The predicted octanol–water partition coefficient (Wildman–Crippen LogP) is 9.55. The Morgan fingerprint density at radius 3 is 1.21 bits per heavy atom. The molecule has 202 valence electrons. The molecule has 0 atom stereocenters. The van der Waals surface area contributed by atoms with Crippen molar-refractivity contribution in [3.8, 4) is 22.3 Å². The molecule has 0 saturated carbocycles. The third-order valence-electron chi connectivity index (χ3n) is 7.62. The summed E-state index contributed by atoms with van der Waals surface area (Å²) in [6, 6.07) is 57.5. The Kier molecular flexibility index (Phi) is 10.7. The van der Waals surface area contributed by atoms with Crippen LogP contribution in [0.5, 0.6) is 0 Å². The summed E-state index contributed by atoms with van der Waals surface area (Å²) >= 11 is 1.75. The Morgan fingerprint density at radius 1 is 0.429 bits per heavy atom. The molecule has 6 aromatic carbocycles. The van der Waals surface area contributed by atoms with E-state index in [4.69, 9.17) is 0 Å². The SMILES string of the molecule is [CH2]=[Ti+2].[c-]1cccc2c1Cc1ccccc1-2.[c-]1cccc2c1Cc1ccccc1-2.c1ccc(CCc2ccccc2)cc1. The first-order chi connectivity index (χ1) is 20.8. The Balaban J connectivity index is 0.000000122. The Morgan fingerprint density at radius 2 is 0.786 bits per heavy atom. The summed E-state index contributed by atoms with van der Waals surface area (Å²) in [4.78, 5) is 3.25. The largest absolute Gasteiger partial charge is 0.179 e. The molecule has 0 fully saturated rings. The second kappa shape index (κ2) is 15.2. The number of hydrogen-bond donors (Lipinski definition) is 0. The summed E-state index contributed by atoms with van der Waals surface area (Å²) in [7, 11) is 0. The van der Waals surface area contributed by atoms with Gasteiger partial charge in [-0.1, -0.05) is 131 Å². The van der Waals surface area contributed by atoms with Gasteiger partial charge in [0.15, 0.2) is 0 Å². The van der Waals surface area contributed by atoms with Crippen LogP contribution >= 0.6 is 0 Å². The zero-order valence-electron chi connectivity index (χ0n) is 23.9. The van der Waals surface area contributed by atoms with Crippen LogP contribution in [0.25, 0.3) is 22.3 Å². The fourth-order valence-corrected chi connectivity index (χ4v) is 5.57. The van der Waals surface area contributed by atoms with Crippen LogP contribution in [-0.2, 0) is 45.7 Å². The van der Waals surface area contributed by atoms with E-state index >= 15 is 0 Å². The molecular weight excluding hydrogens is 540 g/mol. The summed E-state index contributed by atoms with van der Waals surface area (Å²) in [5.74, 6) is 0. The van der Waals surface area contributed by atoms with E-state index in [0.29, 0.717) is 0 Å². The minimum absolute atomic E-state index is 1.05. The van der Waals surface area contributed by atoms with Crippen molar-refractivity contribution in [2.75, 3.05) is 0 Å². The summed E-state index contributed by atoms with van der Waals surface area (Å²) in [6.45, 7) is 0. The molecule has 0 amide bonds. The fourth-order valence-electron chi connectivity index (χ4n) is 5.57. The van der Waals surface area contributed by atoms with Crippen LogP contribution in [0.4, 0.5) is 0 Å². The Bertz CT molecular complexity index is 1490. The molecule has 0 nitrogen and oxygen atoms in total. The molecule has 0 aromatic heterocycles. The quantitative estimate of drug-likeness (QED) is 0.146. The van der Waals surface area contributed by atoms with E-state index in [1.165, 1.54) is 55.6 Å². The molecule has 1 heteroatoms. The van der Waals surface area contributed by atoms with Gasteiger partial charge in [0.25, 0.3) is 0 Å². The van der Waals surface area contributed by atoms with Gasteiger partial charge in [0.05, 0.1) is 0 Å². The van der Waals surface area contributed by atoms with Crippen molar-refractivity contribution in [2.45, 2.75) is 25.7 Å². The molecule has 0 spiro atoms. The monoisotopic (exact) mass is 574 g/mol. The van der Waals surface area contributed by atoms with Gasteiger partial charge in [-0.2, -0.15) is 59.7 Å². The van der Waals surface area contributed by atoms with Gasteiger partial charge in [-0.3, -0.25) is 0 Å². The average Bonchev–Trinajstić information content (AvgIpc) is 3.65. The fraction of sp³-hybridized carbons (Fsp3) is 0.0976. The minimum Gasteiger partial charge on any atom is -0.179 e. The third-order valence-corrected chi connectivity index (χ3v) is 7.62. The Hall–Kier alpha value is -4.10. The van der Waals surface area contributed by atoms with E-state index in [1.54, 1.807) is 20.0 Å². The van der Waals surface area contributed by atoms with E-state index in [0.717, 1.165) is 25.7 Å². The first-order valence-corrected chi connectivity index (χ1v) is 15.5. The molecule has 42 heavy (non-hydrogen) atoms. The summed E-state index contributed by atoms with van der Waals surface area (Å²) in [5.41, 5.74) is 13.8. The van der Waals surface area contributed by atoms with E-state index in [1.807, 2.05) is 12.1 Å². The Labute approximate surface area is 262 Å². The molecular formula is C41H34Ti. The van der Waals surface area contributed by atoms with Crippen molar-refractivity contribution in [2.24, 2.45) is 0 Å². The normalized spacial score (nSPS) is 11.1. The minimum atomic E-state index is 1.05. The van der Waals surface area contributed by atoms with Crippen molar-refractivity contribution in [3.63, 3.8) is 0 Å². The molecule has 0 radical (unpaired) electrons. The molecule has 0 bridgehead atoms. The van der Waals surface area contributed by atoms with Gasteiger partial charge in [0.2, 0.25) is 0 Å². The van der Waals surface area contributed by atoms with Crippen LogP contribution in [0.15, 0.2) is 146 Å². The second-order valence-corrected chi connectivity index (χ2v) is 10.3. The van der Waals surface area contributed by atoms with Gasteiger partial charge in [-0.05, 0) is 36.8 Å². The van der Waals surface area contributed by atoms with Crippen molar-refractivity contribution < 1.29 is 20.0 Å². The topological polar surface area (TPSA) is 0 Å². The molecule has 6 aromatic rings. The third kappa shape index (κ3) is 7.40. The number of rotatable bonds is 3. The molecule has 2 aliphatic rings.